The highest BCUT2D eigenvalue weighted by molar-refractivity contribution is 6.20. The van der Waals surface area contributed by atoms with E-state index in [4.69, 9.17) is 11.6 Å². The molecule has 3 aliphatic heterocycles. The van der Waals surface area contributed by atoms with E-state index in [0.29, 0.717) is 23.2 Å². The first-order chi connectivity index (χ1) is 11.1. The highest BCUT2D eigenvalue weighted by atomic mass is 35.5. The number of fused-ring (bicyclic) bond motifs is 2. The molecule has 4 fully saturated rings. The number of hydrogen-bond acceptors (Lipinski definition) is 2. The van der Waals surface area contributed by atoms with Gasteiger partial charge in [-0.25, -0.2) is 0 Å². The fraction of sp³-hybridized carbons (Fsp3) is 0.947. The topological polar surface area (TPSA) is 23.6 Å². The smallest absolute Gasteiger partial charge is 0.227 e. The van der Waals surface area contributed by atoms with Gasteiger partial charge in [-0.05, 0) is 76.7 Å². The summed E-state index contributed by atoms with van der Waals surface area (Å²) in [5.41, 5.74) is 0. The lowest BCUT2D eigenvalue weighted by molar-refractivity contribution is -0.142. The van der Waals surface area contributed by atoms with Gasteiger partial charge in [0.05, 0.1) is 5.92 Å². The van der Waals surface area contributed by atoms with Crippen molar-refractivity contribution in [2.24, 2.45) is 17.8 Å². The maximum absolute atomic E-state index is 13.3. The van der Waals surface area contributed by atoms with E-state index in [2.05, 4.69) is 16.8 Å². The first kappa shape index (κ1) is 16.2. The van der Waals surface area contributed by atoms with Crippen LogP contribution in [0.5, 0.6) is 0 Å². The minimum absolute atomic E-state index is 0.258. The van der Waals surface area contributed by atoms with Gasteiger partial charge in [0, 0.05) is 30.6 Å². The lowest BCUT2D eigenvalue weighted by Gasteiger charge is -2.47. The second-order valence-electron chi connectivity index (χ2n) is 8.43. The zero-order chi connectivity index (χ0) is 16.0. The van der Waals surface area contributed by atoms with Gasteiger partial charge in [-0.1, -0.05) is 0 Å². The molecular weight excluding hydrogens is 308 g/mol. The summed E-state index contributed by atoms with van der Waals surface area (Å²) in [4.78, 5) is 18.0. The number of piperidine rings is 1. The zero-order valence-corrected chi connectivity index (χ0v) is 15.2. The number of nitrogens with zero attached hydrogens (tertiary/aromatic N) is 2. The van der Waals surface area contributed by atoms with E-state index in [9.17, 15) is 4.79 Å². The van der Waals surface area contributed by atoms with E-state index in [1.165, 1.54) is 44.9 Å². The molecular formula is C19H31ClN2O. The van der Waals surface area contributed by atoms with Crippen molar-refractivity contribution in [1.29, 1.82) is 0 Å². The van der Waals surface area contributed by atoms with E-state index in [0.717, 1.165) is 37.9 Å². The molecule has 130 valence electrons. The number of amides is 1. The minimum Gasteiger partial charge on any atom is -0.342 e. The summed E-state index contributed by atoms with van der Waals surface area (Å²) in [7, 11) is 2.26. The van der Waals surface area contributed by atoms with Crippen LogP contribution in [-0.2, 0) is 4.79 Å². The molecule has 0 aromatic heterocycles. The first-order valence-electron chi connectivity index (χ1n) is 9.80. The van der Waals surface area contributed by atoms with Crippen molar-refractivity contribution in [3.63, 3.8) is 0 Å². The molecule has 4 rings (SSSR count). The van der Waals surface area contributed by atoms with Crippen molar-refractivity contribution in [3.8, 4) is 0 Å². The molecule has 0 aromatic rings. The molecule has 0 spiro atoms. The number of halogens is 1. The average Bonchev–Trinajstić information content (AvgIpc) is 3.15. The van der Waals surface area contributed by atoms with Gasteiger partial charge in [-0.15, -0.1) is 11.6 Å². The van der Waals surface area contributed by atoms with Crippen LogP contribution in [-0.4, -0.2) is 53.3 Å². The molecule has 1 aliphatic carbocycles. The Morgan fingerprint density at radius 2 is 1.70 bits per heavy atom. The molecule has 0 radical (unpaired) electrons. The minimum atomic E-state index is 0.258. The van der Waals surface area contributed by atoms with Gasteiger partial charge in [0.2, 0.25) is 5.91 Å². The SMILES string of the molecule is CN1C2CCC1C(C(=O)N1CCCC1)C(C1CCC(Cl)CC1)C2. The largest absolute Gasteiger partial charge is 0.342 e. The van der Waals surface area contributed by atoms with Crippen LogP contribution < -0.4 is 0 Å². The number of hydrogen-bond donors (Lipinski definition) is 0. The molecule has 1 amide bonds. The van der Waals surface area contributed by atoms with Crippen LogP contribution >= 0.6 is 11.6 Å². The van der Waals surface area contributed by atoms with Gasteiger partial charge < -0.3 is 4.90 Å². The summed E-state index contributed by atoms with van der Waals surface area (Å²) in [5, 5.41) is 0.377. The molecule has 4 atom stereocenters. The summed E-state index contributed by atoms with van der Waals surface area (Å²) in [6, 6.07) is 1.22. The van der Waals surface area contributed by atoms with Crippen molar-refractivity contribution in [2.75, 3.05) is 20.1 Å². The van der Waals surface area contributed by atoms with Crippen LogP contribution in [0, 0.1) is 17.8 Å². The van der Waals surface area contributed by atoms with Crippen molar-refractivity contribution in [2.45, 2.75) is 75.2 Å². The molecule has 0 N–H and O–H groups in total. The summed E-state index contributed by atoms with van der Waals surface area (Å²) >= 11 is 6.33. The Kier molecular flexibility index (Phi) is 4.62. The summed E-state index contributed by atoms with van der Waals surface area (Å²) < 4.78 is 0. The fourth-order valence-corrected chi connectivity index (χ4v) is 6.24. The van der Waals surface area contributed by atoms with E-state index >= 15 is 0 Å². The third-order valence-corrected chi connectivity index (χ3v) is 7.76. The molecule has 2 bridgehead atoms. The van der Waals surface area contributed by atoms with E-state index in [1.807, 2.05) is 0 Å². The fourth-order valence-electron chi connectivity index (χ4n) is 5.99. The lowest BCUT2D eigenvalue weighted by atomic mass is 9.68. The molecule has 4 aliphatic rings. The maximum Gasteiger partial charge on any atom is 0.227 e. The van der Waals surface area contributed by atoms with E-state index in [-0.39, 0.29) is 5.92 Å². The van der Waals surface area contributed by atoms with Crippen LogP contribution in [0.15, 0.2) is 0 Å². The Balaban J connectivity index is 1.56. The summed E-state index contributed by atoms with van der Waals surface area (Å²) in [6.07, 6.45) is 11.0. The van der Waals surface area contributed by atoms with Crippen molar-refractivity contribution in [3.05, 3.63) is 0 Å². The van der Waals surface area contributed by atoms with Crippen LogP contribution in [0.2, 0.25) is 0 Å². The van der Waals surface area contributed by atoms with Crippen LogP contribution in [0.1, 0.15) is 57.8 Å². The predicted molar refractivity (Wildman–Crippen MR) is 93.6 cm³/mol. The Bertz CT molecular complexity index is 443. The Hall–Kier alpha value is -0.280. The Morgan fingerprint density at radius 1 is 1.00 bits per heavy atom. The molecule has 1 saturated carbocycles. The Labute approximate surface area is 145 Å². The zero-order valence-electron chi connectivity index (χ0n) is 14.4. The number of rotatable bonds is 2. The van der Waals surface area contributed by atoms with Crippen molar-refractivity contribution < 1.29 is 4.79 Å². The monoisotopic (exact) mass is 338 g/mol. The van der Waals surface area contributed by atoms with Gasteiger partial charge in [0.25, 0.3) is 0 Å². The van der Waals surface area contributed by atoms with Crippen molar-refractivity contribution >= 4 is 17.5 Å². The Morgan fingerprint density at radius 3 is 2.39 bits per heavy atom. The normalized spacial score (nSPS) is 44.7. The third kappa shape index (κ3) is 2.93. The van der Waals surface area contributed by atoms with Crippen LogP contribution in [0.3, 0.4) is 0 Å². The maximum atomic E-state index is 13.3. The summed E-state index contributed by atoms with van der Waals surface area (Å²) in [6.45, 7) is 1.99. The third-order valence-electron chi connectivity index (χ3n) is 7.32. The predicted octanol–water partition coefficient (Wildman–Crippen LogP) is 3.51. The quantitative estimate of drug-likeness (QED) is 0.719. The molecule has 3 nitrogen and oxygen atoms in total. The molecule has 3 heterocycles. The summed E-state index contributed by atoms with van der Waals surface area (Å²) in [5.74, 6) is 2.09. The molecule has 0 aromatic carbocycles. The second kappa shape index (κ2) is 6.55. The van der Waals surface area contributed by atoms with Gasteiger partial charge in [-0.2, -0.15) is 0 Å². The van der Waals surface area contributed by atoms with Gasteiger partial charge in [0.15, 0.2) is 0 Å². The number of carbonyl (C=O) groups is 1. The number of alkyl halides is 1. The highest BCUT2D eigenvalue weighted by Gasteiger charge is 2.51. The van der Waals surface area contributed by atoms with E-state index < -0.39 is 0 Å². The molecule has 23 heavy (non-hydrogen) atoms. The second-order valence-corrected chi connectivity index (χ2v) is 9.05. The van der Waals surface area contributed by atoms with Gasteiger partial charge >= 0.3 is 0 Å². The molecule has 3 saturated heterocycles. The van der Waals surface area contributed by atoms with Gasteiger partial charge in [0.1, 0.15) is 0 Å². The van der Waals surface area contributed by atoms with Gasteiger partial charge in [-0.3, -0.25) is 9.69 Å². The highest BCUT2D eigenvalue weighted by Crippen LogP contribution is 2.48. The average molecular weight is 339 g/mol. The number of likely N-dealkylation sites (tertiary alicyclic amines) is 1. The molecule has 4 unspecified atom stereocenters. The van der Waals surface area contributed by atoms with Crippen LogP contribution in [0.4, 0.5) is 0 Å². The van der Waals surface area contributed by atoms with Crippen LogP contribution in [0.25, 0.3) is 0 Å². The first-order valence-corrected chi connectivity index (χ1v) is 10.2. The number of carbonyl (C=O) groups excluding carboxylic acids is 1. The van der Waals surface area contributed by atoms with E-state index in [1.54, 1.807) is 0 Å². The van der Waals surface area contributed by atoms with Crippen molar-refractivity contribution in [1.82, 2.24) is 9.80 Å². The lowest BCUT2D eigenvalue weighted by Crippen LogP contribution is -2.54. The molecule has 4 heteroatoms. The standard InChI is InChI=1S/C19H31ClN2O/c1-21-15-8-9-17(21)18(19(23)22-10-2-3-11-22)16(12-15)13-4-6-14(20)7-5-13/h13-18H,2-12H2,1H3.